The van der Waals surface area contributed by atoms with E-state index in [4.69, 9.17) is 9.47 Å². The number of nitrogens with one attached hydrogen (secondary N) is 1. The molecule has 1 saturated carbocycles. The molecular formula is C23H24NO5S. The van der Waals surface area contributed by atoms with Crippen molar-refractivity contribution in [1.82, 2.24) is 4.72 Å². The zero-order valence-corrected chi connectivity index (χ0v) is 17.8. The van der Waals surface area contributed by atoms with Crippen molar-refractivity contribution in [2.24, 2.45) is 0 Å². The van der Waals surface area contributed by atoms with Crippen LogP contribution in [0.2, 0.25) is 0 Å². The molecule has 0 unspecified atom stereocenters. The molecular weight excluding hydrogens is 402 g/mol. The largest absolute Gasteiger partial charge is 0.496 e. The van der Waals surface area contributed by atoms with Gasteiger partial charge in [-0.15, -0.1) is 0 Å². The number of para-hydroxylation sites is 1. The lowest BCUT2D eigenvalue weighted by Crippen LogP contribution is -2.44. The van der Waals surface area contributed by atoms with E-state index < -0.39 is 28.1 Å². The quantitative estimate of drug-likeness (QED) is 0.655. The van der Waals surface area contributed by atoms with Gasteiger partial charge in [-0.1, -0.05) is 35.9 Å². The summed E-state index contributed by atoms with van der Waals surface area (Å²) >= 11 is 0. The van der Waals surface area contributed by atoms with Gasteiger partial charge in [-0.05, 0) is 50.8 Å². The topological polar surface area (TPSA) is 81.7 Å². The van der Waals surface area contributed by atoms with Crippen LogP contribution in [0.15, 0.2) is 53.4 Å². The smallest absolute Gasteiger partial charge is 0.303 e. The first kappa shape index (κ1) is 22.3. The van der Waals surface area contributed by atoms with Crippen molar-refractivity contribution in [2.75, 3.05) is 7.11 Å². The number of esters is 1. The highest BCUT2D eigenvalue weighted by Crippen LogP contribution is 2.38. The molecule has 6 nitrogen and oxygen atoms in total. The molecule has 0 bridgehead atoms. The van der Waals surface area contributed by atoms with E-state index in [1.54, 1.807) is 74.2 Å². The summed E-state index contributed by atoms with van der Waals surface area (Å²) < 4.78 is 40.1. The fourth-order valence-corrected chi connectivity index (χ4v) is 4.47. The number of carbonyl (C=O) groups is 1. The monoisotopic (exact) mass is 426 g/mol. The minimum absolute atomic E-state index is 0.131. The van der Waals surface area contributed by atoms with Gasteiger partial charge in [0, 0.05) is 18.4 Å². The van der Waals surface area contributed by atoms with Crippen molar-refractivity contribution < 1.29 is 22.7 Å². The Morgan fingerprint density at radius 1 is 1.00 bits per heavy atom. The first-order chi connectivity index (χ1) is 14.3. The summed E-state index contributed by atoms with van der Waals surface area (Å²) in [6.07, 6.45) is 6.24. The van der Waals surface area contributed by atoms with Gasteiger partial charge in [0.05, 0.1) is 18.0 Å². The van der Waals surface area contributed by atoms with Gasteiger partial charge in [0.25, 0.3) is 0 Å². The molecule has 30 heavy (non-hydrogen) atoms. The molecule has 3 rings (SSSR count). The van der Waals surface area contributed by atoms with Gasteiger partial charge in [0.1, 0.15) is 11.9 Å². The van der Waals surface area contributed by atoms with Crippen molar-refractivity contribution in [2.45, 2.75) is 30.9 Å². The summed E-state index contributed by atoms with van der Waals surface area (Å²) in [5, 5.41) is 0. The number of sulfonamides is 1. The van der Waals surface area contributed by atoms with E-state index in [1.165, 1.54) is 14.0 Å². The molecule has 2 aromatic rings. The Labute approximate surface area is 178 Å². The van der Waals surface area contributed by atoms with Gasteiger partial charge in [-0.25, -0.2) is 13.1 Å². The standard InChI is InChI=1S/C23H24NO5S/c1-16-12-14-19(15-13-16)30(26,27)24-22(18-8-4-5-9-18)23(29-17(2)25)20-10-6-7-11-21(20)28-3/h4-15,22-24H,1-3H3/t22-,23+/m1/s1. The van der Waals surface area contributed by atoms with Crippen molar-refractivity contribution in [1.29, 1.82) is 0 Å². The number of ether oxygens (including phenoxy) is 2. The predicted octanol–water partition coefficient (Wildman–Crippen LogP) is 3.36. The van der Waals surface area contributed by atoms with Crippen molar-refractivity contribution in [3.8, 4) is 5.75 Å². The third-order valence-corrected chi connectivity index (χ3v) is 6.16. The number of carbonyl (C=O) groups excluding carboxylic acids is 1. The molecule has 0 heterocycles. The van der Waals surface area contributed by atoms with Gasteiger partial charge in [0.15, 0.2) is 0 Å². The Hall–Kier alpha value is -2.38. The maximum atomic E-state index is 13.1. The number of rotatable bonds is 8. The highest BCUT2D eigenvalue weighted by Gasteiger charge is 2.39. The minimum Gasteiger partial charge on any atom is -0.496 e. The Balaban J connectivity index is 2.03. The van der Waals surface area contributed by atoms with E-state index >= 15 is 0 Å². The summed E-state index contributed by atoms with van der Waals surface area (Å²) in [5.41, 5.74) is 1.52. The highest BCUT2D eigenvalue weighted by molar-refractivity contribution is 7.89. The molecule has 0 saturated heterocycles. The molecule has 2 aromatic carbocycles. The summed E-state index contributed by atoms with van der Waals surface area (Å²) in [6, 6.07) is 12.8. The van der Waals surface area contributed by atoms with Crippen LogP contribution >= 0.6 is 0 Å². The van der Waals surface area contributed by atoms with Crippen LogP contribution in [0.5, 0.6) is 5.75 Å². The van der Waals surface area contributed by atoms with E-state index in [9.17, 15) is 13.2 Å². The molecule has 1 aliphatic carbocycles. The van der Waals surface area contributed by atoms with E-state index in [0.717, 1.165) is 5.56 Å². The molecule has 1 fully saturated rings. The van der Waals surface area contributed by atoms with Crippen LogP contribution in [-0.2, 0) is 19.6 Å². The Kier molecular flexibility index (Phi) is 7.15. The zero-order valence-electron chi connectivity index (χ0n) is 17.0. The van der Waals surface area contributed by atoms with Crippen molar-refractivity contribution >= 4 is 16.0 Å². The molecule has 5 radical (unpaired) electrons. The number of hydrogen-bond donors (Lipinski definition) is 1. The van der Waals surface area contributed by atoms with Crippen LogP contribution in [0.3, 0.4) is 0 Å². The molecule has 0 aromatic heterocycles. The van der Waals surface area contributed by atoms with Crippen LogP contribution in [0, 0.1) is 38.5 Å². The SMILES string of the molecule is COc1ccccc1[C@H](OC(C)=O)[C@H](NS(=O)(=O)c1ccc(C)cc1)[C]1[CH][CH][CH][CH]1. The van der Waals surface area contributed by atoms with Gasteiger partial charge < -0.3 is 9.47 Å². The molecule has 0 spiro atoms. The van der Waals surface area contributed by atoms with Crippen LogP contribution in [-0.4, -0.2) is 27.5 Å². The summed E-state index contributed by atoms with van der Waals surface area (Å²) in [7, 11) is -2.38. The van der Waals surface area contributed by atoms with Gasteiger partial charge >= 0.3 is 5.97 Å². The van der Waals surface area contributed by atoms with Gasteiger partial charge in [0.2, 0.25) is 10.0 Å². The first-order valence-electron chi connectivity index (χ1n) is 9.42. The number of benzene rings is 2. The Morgan fingerprint density at radius 3 is 2.23 bits per heavy atom. The average molecular weight is 427 g/mol. The lowest BCUT2D eigenvalue weighted by molar-refractivity contribution is -0.147. The van der Waals surface area contributed by atoms with Crippen molar-refractivity contribution in [3.63, 3.8) is 0 Å². The molecule has 0 aliphatic heterocycles. The Morgan fingerprint density at radius 2 is 1.63 bits per heavy atom. The zero-order chi connectivity index (χ0) is 21.7. The minimum atomic E-state index is -3.89. The molecule has 157 valence electrons. The summed E-state index contributed by atoms with van der Waals surface area (Å²) in [4.78, 5) is 12.1. The van der Waals surface area contributed by atoms with Crippen LogP contribution < -0.4 is 9.46 Å². The number of aryl methyl sites for hydroxylation is 1. The molecule has 1 N–H and O–H groups in total. The lowest BCUT2D eigenvalue weighted by atomic mass is 9.90. The van der Waals surface area contributed by atoms with Gasteiger partial charge in [-0.3, -0.25) is 4.79 Å². The molecule has 0 amide bonds. The maximum absolute atomic E-state index is 13.1. The number of hydrogen-bond acceptors (Lipinski definition) is 5. The van der Waals surface area contributed by atoms with E-state index in [0.29, 0.717) is 17.2 Å². The van der Waals surface area contributed by atoms with Crippen LogP contribution in [0.25, 0.3) is 0 Å². The second-order valence-corrected chi connectivity index (χ2v) is 8.62. The fraction of sp³-hybridized carbons (Fsp3) is 0.217. The predicted molar refractivity (Wildman–Crippen MR) is 113 cm³/mol. The van der Waals surface area contributed by atoms with Crippen LogP contribution in [0.1, 0.15) is 24.2 Å². The highest BCUT2D eigenvalue weighted by atomic mass is 32.2. The fourth-order valence-electron chi connectivity index (χ4n) is 3.24. The molecule has 7 heteroatoms. The normalized spacial score (nSPS) is 16.8. The van der Waals surface area contributed by atoms with Gasteiger partial charge in [-0.2, -0.15) is 0 Å². The second-order valence-electron chi connectivity index (χ2n) is 6.90. The van der Waals surface area contributed by atoms with E-state index in [-0.39, 0.29) is 4.90 Å². The third-order valence-electron chi connectivity index (χ3n) is 4.70. The summed E-state index contributed by atoms with van der Waals surface area (Å²) in [6.45, 7) is 3.17. The van der Waals surface area contributed by atoms with Crippen LogP contribution in [0.4, 0.5) is 0 Å². The first-order valence-corrected chi connectivity index (χ1v) is 10.9. The second kappa shape index (κ2) is 9.62. The van der Waals surface area contributed by atoms with Crippen molar-refractivity contribution in [3.05, 3.63) is 91.3 Å². The number of methoxy groups -OCH3 is 1. The third kappa shape index (κ3) is 5.21. The average Bonchev–Trinajstić information content (AvgIpc) is 3.25. The van der Waals surface area contributed by atoms with E-state index in [1.807, 2.05) is 6.92 Å². The Bertz CT molecular complexity index is 965. The van der Waals surface area contributed by atoms with E-state index in [2.05, 4.69) is 4.72 Å². The maximum Gasteiger partial charge on any atom is 0.303 e. The molecule has 1 aliphatic rings. The molecule has 2 atom stereocenters. The summed E-state index contributed by atoms with van der Waals surface area (Å²) in [5.74, 6) is 0.634. The lowest BCUT2D eigenvalue weighted by Gasteiger charge is -2.32.